The topological polar surface area (TPSA) is 86.5 Å². The molecule has 0 saturated carbocycles. The second kappa shape index (κ2) is 9.13. The SMILES string of the molecule is COc1ccccc1CC(=O)Nc1ccc(-c2noc(-c3ccccc3OC)n2)cc1. The van der Waals surface area contributed by atoms with Gasteiger partial charge < -0.3 is 19.3 Å². The van der Waals surface area contributed by atoms with Gasteiger partial charge in [0.15, 0.2) is 0 Å². The highest BCUT2D eigenvalue weighted by molar-refractivity contribution is 5.92. The molecule has 0 atom stereocenters. The summed E-state index contributed by atoms with van der Waals surface area (Å²) in [6.45, 7) is 0. The summed E-state index contributed by atoms with van der Waals surface area (Å²) in [6.07, 6.45) is 0.221. The average Bonchev–Trinajstić information content (AvgIpc) is 3.30. The second-order valence-electron chi connectivity index (χ2n) is 6.74. The van der Waals surface area contributed by atoms with Gasteiger partial charge in [-0.15, -0.1) is 0 Å². The minimum Gasteiger partial charge on any atom is -0.496 e. The Hall–Kier alpha value is -4.13. The Morgan fingerprint density at radius 1 is 0.903 bits per heavy atom. The fourth-order valence-electron chi connectivity index (χ4n) is 3.20. The Bertz CT molecular complexity index is 1190. The Morgan fingerprint density at radius 3 is 2.32 bits per heavy atom. The van der Waals surface area contributed by atoms with E-state index in [4.69, 9.17) is 14.0 Å². The van der Waals surface area contributed by atoms with Crippen LogP contribution in [0.3, 0.4) is 0 Å². The molecule has 1 aromatic heterocycles. The molecule has 4 rings (SSSR count). The summed E-state index contributed by atoms with van der Waals surface area (Å²) in [4.78, 5) is 16.9. The van der Waals surface area contributed by atoms with Crippen LogP contribution in [0.25, 0.3) is 22.8 Å². The molecule has 156 valence electrons. The third-order valence-corrected chi connectivity index (χ3v) is 4.73. The lowest BCUT2D eigenvalue weighted by Gasteiger charge is -2.09. The molecule has 0 bridgehead atoms. The first-order valence-corrected chi connectivity index (χ1v) is 9.67. The maximum atomic E-state index is 12.4. The van der Waals surface area contributed by atoms with E-state index in [9.17, 15) is 4.79 Å². The van der Waals surface area contributed by atoms with Gasteiger partial charge in [0.05, 0.1) is 26.2 Å². The zero-order valence-electron chi connectivity index (χ0n) is 17.2. The van der Waals surface area contributed by atoms with Crippen LogP contribution in [0.15, 0.2) is 77.3 Å². The number of nitrogens with one attached hydrogen (secondary N) is 1. The number of amides is 1. The van der Waals surface area contributed by atoms with Gasteiger partial charge in [-0.25, -0.2) is 0 Å². The highest BCUT2D eigenvalue weighted by Gasteiger charge is 2.14. The second-order valence-corrected chi connectivity index (χ2v) is 6.74. The van der Waals surface area contributed by atoms with Crippen molar-refractivity contribution < 1.29 is 18.8 Å². The molecular weight excluding hydrogens is 394 g/mol. The van der Waals surface area contributed by atoms with Gasteiger partial charge in [-0.2, -0.15) is 4.98 Å². The molecule has 7 nitrogen and oxygen atoms in total. The molecule has 0 fully saturated rings. The van der Waals surface area contributed by atoms with Crippen LogP contribution in [0, 0.1) is 0 Å². The van der Waals surface area contributed by atoms with Crippen molar-refractivity contribution in [3.63, 3.8) is 0 Å². The minimum absolute atomic E-state index is 0.129. The third kappa shape index (κ3) is 4.56. The molecule has 0 radical (unpaired) electrons. The van der Waals surface area contributed by atoms with Crippen LogP contribution in [0.1, 0.15) is 5.56 Å². The molecule has 3 aromatic carbocycles. The number of para-hydroxylation sites is 2. The van der Waals surface area contributed by atoms with Gasteiger partial charge in [0.2, 0.25) is 11.7 Å². The Labute approximate surface area is 179 Å². The van der Waals surface area contributed by atoms with E-state index in [1.54, 1.807) is 26.4 Å². The van der Waals surface area contributed by atoms with Crippen molar-refractivity contribution in [1.29, 1.82) is 0 Å². The van der Waals surface area contributed by atoms with Crippen LogP contribution >= 0.6 is 0 Å². The van der Waals surface area contributed by atoms with Crippen molar-refractivity contribution in [3.8, 4) is 34.3 Å². The van der Waals surface area contributed by atoms with Crippen molar-refractivity contribution in [1.82, 2.24) is 10.1 Å². The molecular formula is C24H21N3O4. The van der Waals surface area contributed by atoms with Crippen LogP contribution in [0.4, 0.5) is 5.69 Å². The van der Waals surface area contributed by atoms with E-state index in [2.05, 4.69) is 15.5 Å². The fraction of sp³-hybridized carbons (Fsp3) is 0.125. The van der Waals surface area contributed by atoms with Crippen LogP contribution in [0.5, 0.6) is 11.5 Å². The van der Waals surface area contributed by atoms with Gasteiger partial charge in [0, 0.05) is 16.8 Å². The van der Waals surface area contributed by atoms with Gasteiger partial charge in [-0.3, -0.25) is 4.79 Å². The molecule has 1 heterocycles. The normalized spacial score (nSPS) is 10.5. The lowest BCUT2D eigenvalue weighted by molar-refractivity contribution is -0.115. The van der Waals surface area contributed by atoms with Crippen molar-refractivity contribution in [2.24, 2.45) is 0 Å². The predicted molar refractivity (Wildman–Crippen MR) is 117 cm³/mol. The fourth-order valence-corrected chi connectivity index (χ4v) is 3.20. The maximum absolute atomic E-state index is 12.4. The number of carbonyl (C=O) groups is 1. The molecule has 31 heavy (non-hydrogen) atoms. The number of aromatic nitrogens is 2. The Balaban J connectivity index is 1.45. The third-order valence-electron chi connectivity index (χ3n) is 4.73. The highest BCUT2D eigenvalue weighted by Crippen LogP contribution is 2.30. The number of benzene rings is 3. The molecule has 0 aliphatic carbocycles. The molecule has 0 unspecified atom stereocenters. The van der Waals surface area contributed by atoms with Crippen LogP contribution in [-0.4, -0.2) is 30.3 Å². The maximum Gasteiger partial charge on any atom is 0.262 e. The largest absolute Gasteiger partial charge is 0.496 e. The molecule has 4 aromatic rings. The quantitative estimate of drug-likeness (QED) is 0.475. The number of hydrogen-bond acceptors (Lipinski definition) is 6. The highest BCUT2D eigenvalue weighted by atomic mass is 16.5. The van der Waals surface area contributed by atoms with Crippen molar-refractivity contribution >= 4 is 11.6 Å². The summed E-state index contributed by atoms with van der Waals surface area (Å²) in [5, 5.41) is 6.95. The van der Waals surface area contributed by atoms with Gasteiger partial charge in [0.25, 0.3) is 5.89 Å². The summed E-state index contributed by atoms with van der Waals surface area (Å²) >= 11 is 0. The van der Waals surface area contributed by atoms with E-state index in [1.807, 2.05) is 60.7 Å². The first-order valence-electron chi connectivity index (χ1n) is 9.67. The Kier molecular flexibility index (Phi) is 5.93. The van der Waals surface area contributed by atoms with Crippen LogP contribution in [-0.2, 0) is 11.2 Å². The summed E-state index contributed by atoms with van der Waals surface area (Å²) in [5.74, 6) is 2.05. The zero-order chi connectivity index (χ0) is 21.6. The lowest BCUT2D eigenvalue weighted by Crippen LogP contribution is -2.14. The number of rotatable bonds is 7. The van der Waals surface area contributed by atoms with E-state index in [1.165, 1.54) is 0 Å². The number of nitrogens with zero attached hydrogens (tertiary/aromatic N) is 2. The molecule has 1 amide bonds. The Morgan fingerprint density at radius 2 is 1.58 bits per heavy atom. The van der Waals surface area contributed by atoms with E-state index in [0.29, 0.717) is 28.9 Å². The average molecular weight is 415 g/mol. The number of hydrogen-bond donors (Lipinski definition) is 1. The van der Waals surface area contributed by atoms with Gasteiger partial charge in [-0.05, 0) is 42.5 Å². The smallest absolute Gasteiger partial charge is 0.262 e. The molecule has 7 heteroatoms. The summed E-state index contributed by atoms with van der Waals surface area (Å²) in [5.41, 5.74) is 3.00. The van der Waals surface area contributed by atoms with E-state index in [-0.39, 0.29) is 12.3 Å². The van der Waals surface area contributed by atoms with Crippen molar-refractivity contribution in [2.45, 2.75) is 6.42 Å². The minimum atomic E-state index is -0.129. The standard InChI is InChI=1S/C24H21N3O4/c1-29-20-9-5-3-7-17(20)15-22(28)25-18-13-11-16(12-14-18)23-26-24(31-27-23)19-8-4-6-10-21(19)30-2/h3-14H,15H2,1-2H3,(H,25,28). The first-order chi connectivity index (χ1) is 15.2. The first kappa shape index (κ1) is 20.2. The van der Waals surface area contributed by atoms with Crippen LogP contribution < -0.4 is 14.8 Å². The monoisotopic (exact) mass is 415 g/mol. The zero-order valence-corrected chi connectivity index (χ0v) is 17.2. The lowest BCUT2D eigenvalue weighted by atomic mass is 10.1. The van der Waals surface area contributed by atoms with Crippen molar-refractivity contribution in [2.75, 3.05) is 19.5 Å². The molecule has 0 aliphatic rings. The number of carbonyl (C=O) groups excluding carboxylic acids is 1. The molecule has 0 aliphatic heterocycles. The van der Waals surface area contributed by atoms with Gasteiger partial charge in [0.1, 0.15) is 11.5 Å². The number of anilines is 1. The molecule has 0 spiro atoms. The van der Waals surface area contributed by atoms with Gasteiger partial charge >= 0.3 is 0 Å². The van der Waals surface area contributed by atoms with Gasteiger partial charge in [-0.1, -0.05) is 35.5 Å². The number of methoxy groups -OCH3 is 2. The molecule has 1 N–H and O–H groups in total. The summed E-state index contributed by atoms with van der Waals surface area (Å²) in [7, 11) is 3.18. The van der Waals surface area contributed by atoms with Crippen molar-refractivity contribution in [3.05, 3.63) is 78.4 Å². The molecule has 0 saturated heterocycles. The number of ether oxygens (including phenoxy) is 2. The van der Waals surface area contributed by atoms with E-state index in [0.717, 1.165) is 16.7 Å². The predicted octanol–water partition coefficient (Wildman–Crippen LogP) is 4.60. The van der Waals surface area contributed by atoms with Crippen LogP contribution in [0.2, 0.25) is 0 Å². The summed E-state index contributed by atoms with van der Waals surface area (Å²) in [6, 6.07) is 22.2. The van der Waals surface area contributed by atoms with E-state index < -0.39 is 0 Å². The summed E-state index contributed by atoms with van der Waals surface area (Å²) < 4.78 is 16.1. The van der Waals surface area contributed by atoms with E-state index >= 15 is 0 Å².